The molecule has 4 aromatic carbocycles. The number of hydrogen-bond donors (Lipinski definition) is 2. The van der Waals surface area contributed by atoms with Gasteiger partial charge in [-0.15, -0.1) is 11.3 Å². The fourth-order valence-corrected chi connectivity index (χ4v) is 5.44. The molecule has 0 bridgehead atoms. The molecule has 5 rings (SSSR count). The third kappa shape index (κ3) is 6.79. The minimum absolute atomic E-state index is 0.0936. The fraction of sp³-hybridized carbons (Fsp3) is 0.152. The number of carbonyl (C=O) groups excluding carboxylic acids is 1. The lowest BCUT2D eigenvalue weighted by molar-refractivity contribution is 0.0951. The van der Waals surface area contributed by atoms with Crippen LogP contribution >= 0.6 is 11.3 Å². The Bertz CT molecular complexity index is 1510. The second-order valence-corrected chi connectivity index (χ2v) is 10.7. The lowest BCUT2D eigenvalue weighted by Crippen LogP contribution is -2.23. The molecule has 196 valence electrons. The zero-order chi connectivity index (χ0) is 27.0. The van der Waals surface area contributed by atoms with Gasteiger partial charge in [0.15, 0.2) is 5.13 Å². The van der Waals surface area contributed by atoms with Gasteiger partial charge in [0, 0.05) is 42.2 Å². The van der Waals surface area contributed by atoms with E-state index >= 15 is 0 Å². The summed E-state index contributed by atoms with van der Waals surface area (Å²) in [7, 11) is 0. The fourth-order valence-electron chi connectivity index (χ4n) is 4.51. The number of aryl methyl sites for hydroxylation is 1. The normalized spacial score (nSPS) is 10.8. The molecule has 0 saturated carbocycles. The van der Waals surface area contributed by atoms with Crippen LogP contribution in [0, 0.1) is 6.92 Å². The van der Waals surface area contributed by atoms with Crippen molar-refractivity contribution in [2.24, 2.45) is 5.73 Å². The van der Waals surface area contributed by atoms with Gasteiger partial charge < -0.3 is 16.0 Å². The summed E-state index contributed by atoms with van der Waals surface area (Å²) < 4.78 is 0. The van der Waals surface area contributed by atoms with Gasteiger partial charge in [-0.3, -0.25) is 4.79 Å². The Morgan fingerprint density at radius 1 is 0.795 bits per heavy atom. The third-order valence-electron chi connectivity index (χ3n) is 6.59. The Balaban J connectivity index is 1.31. The average Bonchev–Trinajstić information content (AvgIpc) is 3.38. The number of nitrogens with two attached hydrogens (primary N) is 1. The average molecular weight is 533 g/mol. The summed E-state index contributed by atoms with van der Waals surface area (Å²) in [5, 5.41) is 3.99. The van der Waals surface area contributed by atoms with E-state index in [0.29, 0.717) is 25.2 Å². The minimum atomic E-state index is -0.0936. The van der Waals surface area contributed by atoms with Gasteiger partial charge in [-0.1, -0.05) is 97.1 Å². The first kappa shape index (κ1) is 26.4. The van der Waals surface area contributed by atoms with Crippen LogP contribution in [0.4, 0.5) is 5.13 Å². The maximum absolute atomic E-state index is 12.8. The molecule has 6 heteroatoms. The van der Waals surface area contributed by atoms with Crippen molar-refractivity contribution < 1.29 is 4.79 Å². The molecule has 0 aliphatic heterocycles. The predicted molar refractivity (Wildman–Crippen MR) is 161 cm³/mol. The van der Waals surface area contributed by atoms with E-state index in [1.807, 2.05) is 72.8 Å². The van der Waals surface area contributed by atoms with Crippen LogP contribution in [0.15, 0.2) is 109 Å². The molecule has 3 N–H and O–H groups in total. The Morgan fingerprint density at radius 3 is 2.10 bits per heavy atom. The van der Waals surface area contributed by atoms with E-state index in [4.69, 9.17) is 10.7 Å². The van der Waals surface area contributed by atoms with E-state index in [1.165, 1.54) is 10.4 Å². The Hall–Kier alpha value is -4.26. The van der Waals surface area contributed by atoms with Crippen LogP contribution in [0.25, 0.3) is 11.3 Å². The van der Waals surface area contributed by atoms with Crippen LogP contribution in [-0.2, 0) is 26.2 Å². The van der Waals surface area contributed by atoms with E-state index in [1.54, 1.807) is 11.3 Å². The molecule has 0 aliphatic rings. The van der Waals surface area contributed by atoms with Gasteiger partial charge in [-0.05, 0) is 41.3 Å². The maximum atomic E-state index is 12.8. The highest BCUT2D eigenvalue weighted by Gasteiger charge is 2.17. The van der Waals surface area contributed by atoms with E-state index in [-0.39, 0.29) is 5.91 Å². The highest BCUT2D eigenvalue weighted by atomic mass is 32.1. The first-order chi connectivity index (χ1) is 19.1. The Morgan fingerprint density at radius 2 is 1.41 bits per heavy atom. The van der Waals surface area contributed by atoms with E-state index in [9.17, 15) is 4.79 Å². The highest BCUT2D eigenvalue weighted by Crippen LogP contribution is 2.34. The van der Waals surface area contributed by atoms with Crippen molar-refractivity contribution in [3.63, 3.8) is 0 Å². The largest absolute Gasteiger partial charge is 0.348 e. The van der Waals surface area contributed by atoms with Crippen molar-refractivity contribution in [3.8, 4) is 11.3 Å². The van der Waals surface area contributed by atoms with Gasteiger partial charge in [-0.25, -0.2) is 4.98 Å². The monoisotopic (exact) mass is 532 g/mol. The molecule has 0 radical (unpaired) electrons. The van der Waals surface area contributed by atoms with Crippen molar-refractivity contribution >= 4 is 22.4 Å². The van der Waals surface area contributed by atoms with Crippen LogP contribution in [0.2, 0.25) is 0 Å². The number of rotatable bonds is 10. The molecule has 0 unspecified atom stereocenters. The first-order valence-electron chi connectivity index (χ1n) is 13.1. The summed E-state index contributed by atoms with van der Waals surface area (Å²) in [5.74, 6) is -0.0936. The Labute approximate surface area is 234 Å². The second kappa shape index (κ2) is 12.5. The topological polar surface area (TPSA) is 71.2 Å². The van der Waals surface area contributed by atoms with E-state index < -0.39 is 0 Å². The molecule has 39 heavy (non-hydrogen) atoms. The summed E-state index contributed by atoms with van der Waals surface area (Å²) in [5.41, 5.74) is 13.0. The molecule has 5 aromatic rings. The number of carbonyl (C=O) groups is 1. The van der Waals surface area contributed by atoms with Crippen LogP contribution in [0.1, 0.15) is 37.5 Å². The second-order valence-electron chi connectivity index (χ2n) is 9.51. The minimum Gasteiger partial charge on any atom is -0.348 e. The van der Waals surface area contributed by atoms with Gasteiger partial charge in [-0.2, -0.15) is 0 Å². The highest BCUT2D eigenvalue weighted by molar-refractivity contribution is 7.16. The van der Waals surface area contributed by atoms with Gasteiger partial charge in [0.05, 0.1) is 5.69 Å². The standard InChI is InChI=1S/C33H32N4OS/c1-24-31(29-13-6-3-7-14-29)36-33(39-24)37(22-25-9-4-2-5-10-25)23-26-15-17-30(18-16-26)32(38)35-21-28-12-8-11-27(19-28)20-34/h2-19H,20-23,34H2,1H3,(H,35,38). The lowest BCUT2D eigenvalue weighted by Gasteiger charge is -2.22. The van der Waals surface area contributed by atoms with E-state index in [0.717, 1.165) is 39.6 Å². The molecular weight excluding hydrogens is 500 g/mol. The molecular formula is C33H32N4OS. The number of amides is 1. The van der Waals surface area contributed by atoms with Gasteiger partial charge in [0.1, 0.15) is 0 Å². The number of anilines is 1. The Kier molecular flexibility index (Phi) is 8.46. The quantitative estimate of drug-likeness (QED) is 0.210. The van der Waals surface area contributed by atoms with Crippen molar-refractivity contribution in [3.05, 3.63) is 142 Å². The van der Waals surface area contributed by atoms with Crippen LogP contribution in [0.3, 0.4) is 0 Å². The molecule has 1 aromatic heterocycles. The zero-order valence-corrected chi connectivity index (χ0v) is 22.8. The predicted octanol–water partition coefficient (Wildman–Crippen LogP) is 6.71. The summed E-state index contributed by atoms with van der Waals surface area (Å²) in [6.07, 6.45) is 0. The zero-order valence-electron chi connectivity index (χ0n) is 22.0. The smallest absolute Gasteiger partial charge is 0.251 e. The lowest BCUT2D eigenvalue weighted by atomic mass is 10.1. The molecule has 0 fully saturated rings. The number of nitrogens with zero attached hydrogens (tertiary/aromatic N) is 2. The summed E-state index contributed by atoms with van der Waals surface area (Å²) in [6, 6.07) is 36.6. The first-order valence-corrected chi connectivity index (χ1v) is 13.9. The van der Waals surface area contributed by atoms with Crippen molar-refractivity contribution in [2.45, 2.75) is 33.1 Å². The molecule has 0 atom stereocenters. The number of aromatic nitrogens is 1. The van der Waals surface area contributed by atoms with Crippen molar-refractivity contribution in [2.75, 3.05) is 4.90 Å². The summed E-state index contributed by atoms with van der Waals surface area (Å²) in [6.45, 7) is 4.50. The van der Waals surface area contributed by atoms with Crippen LogP contribution < -0.4 is 16.0 Å². The SMILES string of the molecule is Cc1sc(N(Cc2ccccc2)Cc2ccc(C(=O)NCc3cccc(CN)c3)cc2)nc1-c1ccccc1. The molecule has 0 spiro atoms. The maximum Gasteiger partial charge on any atom is 0.251 e. The van der Waals surface area contributed by atoms with Crippen molar-refractivity contribution in [1.29, 1.82) is 0 Å². The molecule has 5 nitrogen and oxygen atoms in total. The number of thiazole rings is 1. The van der Waals surface area contributed by atoms with Crippen LogP contribution in [-0.4, -0.2) is 10.9 Å². The van der Waals surface area contributed by atoms with Crippen molar-refractivity contribution in [1.82, 2.24) is 10.3 Å². The van der Waals surface area contributed by atoms with Gasteiger partial charge in [0.25, 0.3) is 5.91 Å². The molecule has 1 amide bonds. The summed E-state index contributed by atoms with van der Waals surface area (Å²) in [4.78, 5) is 21.3. The molecule has 0 aliphatic carbocycles. The van der Waals surface area contributed by atoms with E-state index in [2.05, 4.69) is 53.5 Å². The van der Waals surface area contributed by atoms with Gasteiger partial charge in [0.2, 0.25) is 0 Å². The number of benzene rings is 4. The van der Waals surface area contributed by atoms with Gasteiger partial charge >= 0.3 is 0 Å². The molecule has 0 saturated heterocycles. The summed E-state index contributed by atoms with van der Waals surface area (Å²) >= 11 is 1.71. The number of nitrogens with one attached hydrogen (secondary N) is 1. The number of hydrogen-bond acceptors (Lipinski definition) is 5. The van der Waals surface area contributed by atoms with Crippen LogP contribution in [0.5, 0.6) is 0 Å². The molecule has 1 heterocycles. The third-order valence-corrected chi connectivity index (χ3v) is 7.62.